The van der Waals surface area contributed by atoms with Crippen LogP contribution in [-0.4, -0.2) is 25.5 Å². The zero-order valence-corrected chi connectivity index (χ0v) is 10.8. The quantitative estimate of drug-likeness (QED) is 0.881. The second kappa shape index (κ2) is 6.16. The Morgan fingerprint density at radius 1 is 1.56 bits per heavy atom. The maximum Gasteiger partial charge on any atom is 0.255 e. The van der Waals surface area contributed by atoms with Crippen molar-refractivity contribution in [1.82, 2.24) is 10.6 Å². The molecule has 3 nitrogen and oxygen atoms in total. The Morgan fingerprint density at radius 3 is 3.06 bits per heavy atom. The molecule has 0 saturated carbocycles. The first kappa shape index (κ1) is 13.3. The molecule has 1 atom stereocenters. The van der Waals surface area contributed by atoms with Gasteiger partial charge in [0.25, 0.3) is 5.91 Å². The van der Waals surface area contributed by atoms with Gasteiger partial charge in [0.1, 0.15) is 5.82 Å². The van der Waals surface area contributed by atoms with Crippen molar-refractivity contribution in [1.29, 1.82) is 0 Å². The normalized spacial score (nSPS) is 18.9. The van der Waals surface area contributed by atoms with E-state index in [9.17, 15) is 9.18 Å². The van der Waals surface area contributed by atoms with Crippen LogP contribution in [0.4, 0.5) is 4.39 Å². The maximum atomic E-state index is 13.5. The van der Waals surface area contributed by atoms with Crippen LogP contribution in [0.5, 0.6) is 0 Å². The van der Waals surface area contributed by atoms with Crippen molar-refractivity contribution < 1.29 is 9.18 Å². The van der Waals surface area contributed by atoms with Crippen LogP contribution >= 0.6 is 11.6 Å². The summed E-state index contributed by atoms with van der Waals surface area (Å²) in [6.45, 7) is 2.59. The van der Waals surface area contributed by atoms with Crippen molar-refractivity contribution in [3.63, 3.8) is 0 Å². The van der Waals surface area contributed by atoms with Gasteiger partial charge in [-0.25, -0.2) is 4.39 Å². The summed E-state index contributed by atoms with van der Waals surface area (Å²) in [5, 5.41) is 6.13. The summed E-state index contributed by atoms with van der Waals surface area (Å²) in [6, 6.07) is 4.24. The molecule has 1 fully saturated rings. The maximum absolute atomic E-state index is 13.5. The minimum absolute atomic E-state index is 0.0660. The number of nitrogens with one attached hydrogen (secondary N) is 2. The predicted octanol–water partition coefficient (Wildman–Crippen LogP) is 2.21. The SMILES string of the molecule is O=C(NCCC1CCNC1)c1c(F)cccc1Cl. The second-order valence-electron chi connectivity index (χ2n) is 4.50. The van der Waals surface area contributed by atoms with Gasteiger partial charge in [-0.3, -0.25) is 4.79 Å². The van der Waals surface area contributed by atoms with Crippen molar-refractivity contribution >= 4 is 17.5 Å². The van der Waals surface area contributed by atoms with E-state index in [2.05, 4.69) is 10.6 Å². The molecule has 1 aromatic carbocycles. The molecule has 1 aliphatic rings. The van der Waals surface area contributed by atoms with Gasteiger partial charge >= 0.3 is 0 Å². The van der Waals surface area contributed by atoms with Crippen LogP contribution in [0, 0.1) is 11.7 Å². The highest BCUT2D eigenvalue weighted by atomic mass is 35.5. The Kier molecular flexibility index (Phi) is 4.55. The Balaban J connectivity index is 1.87. The second-order valence-corrected chi connectivity index (χ2v) is 4.91. The molecule has 0 bridgehead atoms. The zero-order chi connectivity index (χ0) is 13.0. The first-order valence-corrected chi connectivity index (χ1v) is 6.49. The molecule has 0 aromatic heterocycles. The van der Waals surface area contributed by atoms with Crippen LogP contribution in [0.15, 0.2) is 18.2 Å². The molecule has 1 amide bonds. The van der Waals surface area contributed by atoms with Crippen LogP contribution in [0.25, 0.3) is 0 Å². The van der Waals surface area contributed by atoms with E-state index in [1.54, 1.807) is 0 Å². The summed E-state index contributed by atoms with van der Waals surface area (Å²) < 4.78 is 13.5. The lowest BCUT2D eigenvalue weighted by Crippen LogP contribution is -2.27. The van der Waals surface area contributed by atoms with Gasteiger partial charge in [0, 0.05) is 6.54 Å². The molecule has 1 saturated heterocycles. The van der Waals surface area contributed by atoms with Gasteiger partial charge in [-0.05, 0) is 44.0 Å². The molecule has 1 aromatic rings. The Labute approximate surface area is 111 Å². The summed E-state index contributed by atoms with van der Waals surface area (Å²) in [5.41, 5.74) is -0.0660. The number of carbonyl (C=O) groups is 1. The monoisotopic (exact) mass is 270 g/mol. The molecule has 0 radical (unpaired) electrons. The molecule has 18 heavy (non-hydrogen) atoms. The van der Waals surface area contributed by atoms with Crippen molar-refractivity contribution in [2.75, 3.05) is 19.6 Å². The number of benzene rings is 1. The minimum atomic E-state index is -0.581. The molecule has 2 rings (SSSR count). The highest BCUT2D eigenvalue weighted by molar-refractivity contribution is 6.33. The molecule has 0 spiro atoms. The van der Waals surface area contributed by atoms with Crippen LogP contribution in [0.1, 0.15) is 23.2 Å². The van der Waals surface area contributed by atoms with Crippen molar-refractivity contribution in [2.45, 2.75) is 12.8 Å². The highest BCUT2D eigenvalue weighted by Crippen LogP contribution is 2.18. The van der Waals surface area contributed by atoms with Crippen LogP contribution in [0.2, 0.25) is 5.02 Å². The predicted molar refractivity (Wildman–Crippen MR) is 69.3 cm³/mol. The minimum Gasteiger partial charge on any atom is -0.352 e. The molecular formula is C13H16ClFN2O. The molecule has 1 unspecified atom stereocenters. The van der Waals surface area contributed by atoms with Crippen LogP contribution < -0.4 is 10.6 Å². The lowest BCUT2D eigenvalue weighted by molar-refractivity contribution is 0.0948. The number of hydrogen-bond donors (Lipinski definition) is 2. The first-order chi connectivity index (χ1) is 8.68. The fraction of sp³-hybridized carbons (Fsp3) is 0.462. The van der Waals surface area contributed by atoms with E-state index < -0.39 is 11.7 Å². The summed E-state index contributed by atoms with van der Waals surface area (Å²) in [7, 11) is 0. The molecule has 1 heterocycles. The van der Waals surface area contributed by atoms with Crippen molar-refractivity contribution in [2.24, 2.45) is 5.92 Å². The van der Waals surface area contributed by atoms with Gasteiger partial charge in [0.15, 0.2) is 0 Å². The third-order valence-corrected chi connectivity index (χ3v) is 3.51. The summed E-state index contributed by atoms with van der Waals surface area (Å²) in [6.07, 6.45) is 2.04. The lowest BCUT2D eigenvalue weighted by Gasteiger charge is -2.10. The first-order valence-electron chi connectivity index (χ1n) is 6.11. The van der Waals surface area contributed by atoms with Crippen LogP contribution in [0.3, 0.4) is 0 Å². The summed E-state index contributed by atoms with van der Waals surface area (Å²) >= 11 is 5.82. The topological polar surface area (TPSA) is 41.1 Å². The largest absolute Gasteiger partial charge is 0.352 e. The van der Waals surface area contributed by atoms with Gasteiger partial charge in [-0.2, -0.15) is 0 Å². The van der Waals surface area contributed by atoms with E-state index in [-0.39, 0.29) is 10.6 Å². The van der Waals surface area contributed by atoms with Crippen molar-refractivity contribution in [3.05, 3.63) is 34.6 Å². The zero-order valence-electron chi connectivity index (χ0n) is 10.0. The molecule has 2 N–H and O–H groups in total. The third-order valence-electron chi connectivity index (χ3n) is 3.19. The number of amides is 1. The lowest BCUT2D eigenvalue weighted by atomic mass is 10.1. The van der Waals surface area contributed by atoms with E-state index in [1.807, 2.05) is 0 Å². The summed E-state index contributed by atoms with van der Waals surface area (Å²) in [5.74, 6) is -0.423. The van der Waals surface area contributed by atoms with Gasteiger partial charge < -0.3 is 10.6 Å². The Hall–Kier alpha value is -1.13. The van der Waals surface area contributed by atoms with E-state index in [4.69, 9.17) is 11.6 Å². The molecular weight excluding hydrogens is 255 g/mol. The fourth-order valence-corrected chi connectivity index (χ4v) is 2.40. The average Bonchev–Trinajstić information content (AvgIpc) is 2.82. The van der Waals surface area contributed by atoms with Gasteiger partial charge in [0.05, 0.1) is 10.6 Å². The van der Waals surface area contributed by atoms with E-state index in [1.165, 1.54) is 18.2 Å². The third kappa shape index (κ3) is 3.21. The average molecular weight is 271 g/mol. The Morgan fingerprint density at radius 2 is 2.39 bits per heavy atom. The molecule has 0 aliphatic carbocycles. The number of halogens is 2. The summed E-state index contributed by atoms with van der Waals surface area (Å²) in [4.78, 5) is 11.8. The smallest absolute Gasteiger partial charge is 0.255 e. The van der Waals surface area contributed by atoms with E-state index >= 15 is 0 Å². The van der Waals surface area contributed by atoms with Gasteiger partial charge in [0.2, 0.25) is 0 Å². The molecule has 98 valence electrons. The van der Waals surface area contributed by atoms with E-state index in [0.29, 0.717) is 12.5 Å². The number of carbonyl (C=O) groups excluding carboxylic acids is 1. The number of rotatable bonds is 4. The molecule has 1 aliphatic heterocycles. The number of hydrogen-bond acceptors (Lipinski definition) is 2. The van der Waals surface area contributed by atoms with Crippen LogP contribution in [-0.2, 0) is 0 Å². The fourth-order valence-electron chi connectivity index (χ4n) is 2.15. The molecule has 5 heteroatoms. The van der Waals surface area contributed by atoms with E-state index in [0.717, 1.165) is 25.9 Å². The van der Waals surface area contributed by atoms with Crippen molar-refractivity contribution in [3.8, 4) is 0 Å². The highest BCUT2D eigenvalue weighted by Gasteiger charge is 2.17. The van der Waals surface area contributed by atoms with Gasteiger partial charge in [-0.15, -0.1) is 0 Å². The Bertz CT molecular complexity index is 413. The van der Waals surface area contributed by atoms with Gasteiger partial charge in [-0.1, -0.05) is 17.7 Å². The standard InChI is InChI=1S/C13H16ClFN2O/c14-10-2-1-3-11(15)12(10)13(18)17-7-5-9-4-6-16-8-9/h1-3,9,16H,4-8H2,(H,17,18).